The van der Waals surface area contributed by atoms with Crippen LogP contribution in [-0.2, 0) is 4.79 Å². The van der Waals surface area contributed by atoms with Crippen molar-refractivity contribution >= 4 is 18.3 Å². The van der Waals surface area contributed by atoms with Gasteiger partial charge in [-0.25, -0.2) is 0 Å². The Labute approximate surface area is 67.2 Å². The number of rotatable bonds is 1. The Bertz CT molecular complexity index is 127. The van der Waals surface area contributed by atoms with E-state index in [1.54, 1.807) is 0 Å². The second-order valence-corrected chi connectivity index (χ2v) is 2.56. The van der Waals surface area contributed by atoms with Gasteiger partial charge in [0.05, 0.1) is 6.04 Å². The first-order valence-electron chi connectivity index (χ1n) is 3.16. The molecule has 1 amide bonds. The zero-order valence-electron chi connectivity index (χ0n) is 6.26. The summed E-state index contributed by atoms with van der Waals surface area (Å²) >= 11 is 0. The molecule has 0 aromatic heterocycles. The molecule has 1 fully saturated rings. The molecule has 0 aromatic carbocycles. The summed E-state index contributed by atoms with van der Waals surface area (Å²) in [5, 5.41) is 2.77. The molecule has 0 bridgehead atoms. The number of amides is 1. The van der Waals surface area contributed by atoms with Crippen molar-refractivity contribution in [2.24, 2.45) is 0 Å². The predicted molar refractivity (Wildman–Crippen MR) is 42.3 cm³/mol. The average Bonchev–Trinajstić information content (AvgIpc) is 2.13. The second kappa shape index (κ2) is 3.78. The van der Waals surface area contributed by atoms with Crippen molar-refractivity contribution in [1.29, 1.82) is 0 Å². The van der Waals surface area contributed by atoms with Crippen LogP contribution in [0.5, 0.6) is 0 Å². The minimum atomic E-state index is 0. The molecule has 1 heterocycles. The zero-order valence-corrected chi connectivity index (χ0v) is 7.07. The van der Waals surface area contributed by atoms with Crippen molar-refractivity contribution in [3.05, 3.63) is 0 Å². The molecule has 0 spiro atoms. The summed E-state index contributed by atoms with van der Waals surface area (Å²) in [4.78, 5) is 12.8. The number of hydrogen-bond acceptors (Lipinski definition) is 2. The van der Waals surface area contributed by atoms with E-state index >= 15 is 0 Å². The van der Waals surface area contributed by atoms with Crippen LogP contribution < -0.4 is 5.32 Å². The van der Waals surface area contributed by atoms with Gasteiger partial charge in [0.2, 0.25) is 5.91 Å². The van der Waals surface area contributed by atoms with Crippen molar-refractivity contribution in [3.8, 4) is 0 Å². The summed E-state index contributed by atoms with van der Waals surface area (Å²) in [5.41, 5.74) is 0. The first kappa shape index (κ1) is 9.72. The van der Waals surface area contributed by atoms with Gasteiger partial charge < -0.3 is 5.32 Å². The number of hydrogen-bond donors (Lipinski definition) is 1. The number of carbonyl (C=O) groups excluding carboxylic acids is 1. The molecule has 1 aliphatic rings. The first-order chi connectivity index (χ1) is 4.22. The SMILES string of the molecule is CN(C)C1CCNC1=O.Cl. The van der Waals surface area contributed by atoms with Crippen molar-refractivity contribution in [3.63, 3.8) is 0 Å². The number of halogens is 1. The van der Waals surface area contributed by atoms with Crippen molar-refractivity contribution in [1.82, 2.24) is 10.2 Å². The maximum absolute atomic E-state index is 10.9. The highest BCUT2D eigenvalue weighted by molar-refractivity contribution is 5.85. The van der Waals surface area contributed by atoms with E-state index in [0.717, 1.165) is 13.0 Å². The fraction of sp³-hybridized carbons (Fsp3) is 0.833. The van der Waals surface area contributed by atoms with Gasteiger partial charge in [0.1, 0.15) is 0 Å². The van der Waals surface area contributed by atoms with E-state index < -0.39 is 0 Å². The summed E-state index contributed by atoms with van der Waals surface area (Å²) in [7, 11) is 3.85. The molecule has 0 radical (unpaired) electrons. The molecule has 10 heavy (non-hydrogen) atoms. The highest BCUT2D eigenvalue weighted by Crippen LogP contribution is 2.04. The molecule has 0 saturated carbocycles. The molecule has 1 aliphatic heterocycles. The quantitative estimate of drug-likeness (QED) is 0.585. The third-order valence-electron chi connectivity index (χ3n) is 1.64. The van der Waals surface area contributed by atoms with Gasteiger partial charge in [-0.2, -0.15) is 0 Å². The fourth-order valence-electron chi connectivity index (χ4n) is 1.07. The maximum Gasteiger partial charge on any atom is 0.237 e. The highest BCUT2D eigenvalue weighted by atomic mass is 35.5. The molecule has 1 unspecified atom stereocenters. The Morgan fingerprint density at radius 1 is 1.60 bits per heavy atom. The molecule has 1 saturated heterocycles. The van der Waals surface area contributed by atoms with Crippen LogP contribution in [0.25, 0.3) is 0 Å². The van der Waals surface area contributed by atoms with Crippen LogP contribution in [-0.4, -0.2) is 37.5 Å². The minimum Gasteiger partial charge on any atom is -0.355 e. The predicted octanol–water partition coefficient (Wildman–Crippen LogP) is -0.142. The van der Waals surface area contributed by atoms with Gasteiger partial charge in [-0.15, -0.1) is 12.4 Å². The van der Waals surface area contributed by atoms with E-state index in [1.807, 2.05) is 19.0 Å². The normalized spacial score (nSPS) is 24.3. The number of nitrogens with zero attached hydrogens (tertiary/aromatic N) is 1. The lowest BCUT2D eigenvalue weighted by molar-refractivity contribution is -0.122. The molecular weight excluding hydrogens is 152 g/mol. The van der Waals surface area contributed by atoms with Crippen LogP contribution in [0.2, 0.25) is 0 Å². The Balaban J connectivity index is 0.000000810. The highest BCUT2D eigenvalue weighted by Gasteiger charge is 2.25. The number of likely N-dealkylation sites (N-methyl/N-ethyl adjacent to an activating group) is 1. The number of nitrogens with one attached hydrogen (secondary N) is 1. The lowest BCUT2D eigenvalue weighted by atomic mass is 10.2. The molecule has 60 valence electrons. The van der Waals surface area contributed by atoms with E-state index in [4.69, 9.17) is 0 Å². The Hall–Kier alpha value is -0.280. The summed E-state index contributed by atoms with van der Waals surface area (Å²) in [6.07, 6.45) is 0.950. The topological polar surface area (TPSA) is 32.3 Å². The Kier molecular flexibility index (Phi) is 3.68. The smallest absolute Gasteiger partial charge is 0.237 e. The molecule has 1 atom stereocenters. The lowest BCUT2D eigenvalue weighted by Crippen LogP contribution is -2.34. The molecule has 1 N–H and O–H groups in total. The number of carbonyl (C=O) groups is 1. The molecule has 0 aliphatic carbocycles. The van der Waals surface area contributed by atoms with E-state index in [1.165, 1.54) is 0 Å². The van der Waals surface area contributed by atoms with Crippen LogP contribution in [0, 0.1) is 0 Å². The monoisotopic (exact) mass is 164 g/mol. The van der Waals surface area contributed by atoms with Gasteiger partial charge in [0, 0.05) is 6.54 Å². The molecule has 0 aromatic rings. The second-order valence-electron chi connectivity index (χ2n) is 2.56. The third kappa shape index (κ3) is 1.85. The standard InChI is InChI=1S/C6H12N2O.ClH/c1-8(2)5-3-4-7-6(5)9;/h5H,3-4H2,1-2H3,(H,7,9);1H. The van der Waals surface area contributed by atoms with Crippen molar-refractivity contribution in [2.75, 3.05) is 20.6 Å². The van der Waals surface area contributed by atoms with Crippen LogP contribution >= 0.6 is 12.4 Å². The summed E-state index contributed by atoms with van der Waals surface area (Å²) in [6.45, 7) is 0.835. The van der Waals surface area contributed by atoms with Gasteiger partial charge in [0.25, 0.3) is 0 Å². The third-order valence-corrected chi connectivity index (χ3v) is 1.64. The minimum absolute atomic E-state index is 0. The summed E-state index contributed by atoms with van der Waals surface area (Å²) < 4.78 is 0. The van der Waals surface area contributed by atoms with Gasteiger partial charge in [-0.1, -0.05) is 0 Å². The summed E-state index contributed by atoms with van der Waals surface area (Å²) in [6, 6.07) is 0.116. The van der Waals surface area contributed by atoms with Crippen LogP contribution in [0.15, 0.2) is 0 Å². The van der Waals surface area contributed by atoms with Crippen LogP contribution in [0.4, 0.5) is 0 Å². The summed E-state index contributed by atoms with van der Waals surface area (Å²) in [5.74, 6) is 0.167. The largest absolute Gasteiger partial charge is 0.355 e. The fourth-order valence-corrected chi connectivity index (χ4v) is 1.07. The maximum atomic E-state index is 10.9. The van der Waals surface area contributed by atoms with Gasteiger partial charge in [0.15, 0.2) is 0 Å². The van der Waals surface area contributed by atoms with E-state index in [2.05, 4.69) is 5.32 Å². The van der Waals surface area contributed by atoms with Gasteiger partial charge in [-0.3, -0.25) is 9.69 Å². The van der Waals surface area contributed by atoms with Crippen molar-refractivity contribution < 1.29 is 4.79 Å². The Morgan fingerprint density at radius 2 is 2.20 bits per heavy atom. The first-order valence-corrected chi connectivity index (χ1v) is 3.16. The van der Waals surface area contributed by atoms with Crippen LogP contribution in [0.1, 0.15) is 6.42 Å². The molecule has 3 nitrogen and oxygen atoms in total. The zero-order chi connectivity index (χ0) is 6.85. The molecular formula is C6H13ClN2O. The van der Waals surface area contributed by atoms with E-state index in [0.29, 0.717) is 0 Å². The van der Waals surface area contributed by atoms with Gasteiger partial charge in [-0.05, 0) is 20.5 Å². The average molecular weight is 165 g/mol. The lowest BCUT2D eigenvalue weighted by Gasteiger charge is -2.14. The molecule has 1 rings (SSSR count). The van der Waals surface area contributed by atoms with E-state index in [9.17, 15) is 4.79 Å². The Morgan fingerprint density at radius 3 is 2.40 bits per heavy atom. The van der Waals surface area contributed by atoms with Crippen LogP contribution in [0.3, 0.4) is 0 Å². The molecule has 4 heteroatoms. The van der Waals surface area contributed by atoms with Crippen molar-refractivity contribution in [2.45, 2.75) is 12.5 Å². The van der Waals surface area contributed by atoms with E-state index in [-0.39, 0.29) is 24.4 Å². The van der Waals surface area contributed by atoms with Gasteiger partial charge >= 0.3 is 0 Å².